The van der Waals surface area contributed by atoms with Crippen LogP contribution in [0.5, 0.6) is 0 Å². The Labute approximate surface area is 202 Å². The van der Waals surface area contributed by atoms with Crippen molar-refractivity contribution in [3.05, 3.63) is 36.9 Å². The van der Waals surface area contributed by atoms with Crippen LogP contribution in [0.15, 0.2) is 27.3 Å². The summed E-state index contributed by atoms with van der Waals surface area (Å²) in [6.45, 7) is 0.390. The molecule has 2 aliphatic heterocycles. The van der Waals surface area contributed by atoms with E-state index in [0.29, 0.717) is 25.8 Å². The number of thiazole rings is 1. The van der Waals surface area contributed by atoms with Gasteiger partial charge >= 0.3 is 10.8 Å². The minimum Gasteiger partial charge on any atom is -0.481 e. The van der Waals surface area contributed by atoms with Crippen LogP contribution in [0.1, 0.15) is 47.8 Å². The summed E-state index contributed by atoms with van der Waals surface area (Å²) in [5, 5.41) is 12.0. The number of thiophene rings is 1. The number of imide groups is 1. The molecule has 6 rings (SSSR count). The van der Waals surface area contributed by atoms with Gasteiger partial charge in [0.05, 0.1) is 16.9 Å². The predicted octanol–water partition coefficient (Wildman–Crippen LogP) is 3.62. The van der Waals surface area contributed by atoms with Gasteiger partial charge in [-0.15, -0.1) is 23.1 Å². The number of carbonyl (C=O) groups is 3. The molecule has 2 aromatic heterocycles. The van der Waals surface area contributed by atoms with E-state index in [1.165, 1.54) is 21.1 Å². The van der Waals surface area contributed by atoms with Crippen molar-refractivity contribution in [2.24, 2.45) is 29.6 Å². The van der Waals surface area contributed by atoms with Crippen molar-refractivity contribution >= 4 is 52.2 Å². The van der Waals surface area contributed by atoms with Crippen LogP contribution < -0.4 is 4.87 Å². The van der Waals surface area contributed by atoms with Crippen molar-refractivity contribution < 1.29 is 19.5 Å². The fourth-order valence-corrected chi connectivity index (χ4v) is 10.7. The molecule has 0 aromatic carbocycles. The standard InChI is InChI=1S/C23H24N2O5S3/c26-13(27)6-2-1-3-7-25-21(28)15-10-9-11(16(15)22(25)29)18-14(10)17(12-5-4-8-31-12)19-20(32-18)24-23(30)33-19/h4-5,8,10-11,14-18H,1-3,6-7,9H2,(H,24,30)(H,26,27)/t10-,11-,14-,15+,16-,17-,18+/m1/s1. The minimum atomic E-state index is -0.815. The summed E-state index contributed by atoms with van der Waals surface area (Å²) < 4.78 is 0. The average Bonchev–Trinajstić information content (AvgIpc) is 3.57. The van der Waals surface area contributed by atoms with Crippen molar-refractivity contribution in [1.82, 2.24) is 9.88 Å². The summed E-state index contributed by atoms with van der Waals surface area (Å²) >= 11 is 4.70. The van der Waals surface area contributed by atoms with E-state index in [1.807, 2.05) is 6.07 Å². The first-order valence-electron chi connectivity index (χ1n) is 11.5. The maximum atomic E-state index is 13.4. The molecule has 0 radical (unpaired) electrons. The van der Waals surface area contributed by atoms with E-state index in [-0.39, 0.29) is 63.9 Å². The summed E-state index contributed by atoms with van der Waals surface area (Å²) in [6.07, 6.45) is 2.93. The van der Waals surface area contributed by atoms with E-state index in [0.717, 1.165) is 16.3 Å². The predicted molar refractivity (Wildman–Crippen MR) is 126 cm³/mol. The molecule has 7 nitrogen and oxygen atoms in total. The molecule has 33 heavy (non-hydrogen) atoms. The summed E-state index contributed by atoms with van der Waals surface area (Å²) in [7, 11) is 0. The molecule has 174 valence electrons. The number of carbonyl (C=O) groups excluding carboxylic acids is 2. The van der Waals surface area contributed by atoms with Gasteiger partial charge in [-0.25, -0.2) is 0 Å². The number of fused-ring (bicyclic) bond motifs is 9. The first kappa shape index (κ1) is 21.6. The maximum Gasteiger partial charge on any atom is 0.305 e. The average molecular weight is 505 g/mol. The first-order valence-corrected chi connectivity index (χ1v) is 14.0. The summed E-state index contributed by atoms with van der Waals surface area (Å²) in [5.74, 6) is -0.695. The van der Waals surface area contributed by atoms with Crippen molar-refractivity contribution in [3.63, 3.8) is 0 Å². The second-order valence-electron chi connectivity index (χ2n) is 9.51. The van der Waals surface area contributed by atoms with Crippen molar-refractivity contribution in [2.45, 2.75) is 48.3 Å². The molecular formula is C23H24N2O5S3. The van der Waals surface area contributed by atoms with Gasteiger partial charge in [0.2, 0.25) is 11.8 Å². The monoisotopic (exact) mass is 504 g/mol. The number of rotatable bonds is 7. The number of carboxylic acid groups (broad SMARTS) is 1. The van der Waals surface area contributed by atoms with Gasteiger partial charge in [-0.1, -0.05) is 23.8 Å². The number of hydrogen-bond acceptors (Lipinski definition) is 7. The number of unbranched alkanes of at least 4 members (excludes halogenated alkanes) is 2. The number of aromatic amines is 1. The van der Waals surface area contributed by atoms with Crippen LogP contribution in [0.4, 0.5) is 0 Å². The Bertz CT molecular complexity index is 1170. The third-order valence-electron chi connectivity index (χ3n) is 7.94. The van der Waals surface area contributed by atoms with Crippen LogP contribution in [-0.4, -0.2) is 44.6 Å². The highest BCUT2D eigenvalue weighted by molar-refractivity contribution is 8.00. The number of hydrogen-bond donors (Lipinski definition) is 2. The fourth-order valence-electron chi connectivity index (χ4n) is 6.81. The molecule has 2 N–H and O–H groups in total. The third kappa shape index (κ3) is 3.28. The number of aliphatic carboxylic acids is 1. The first-order chi connectivity index (χ1) is 16.0. The highest BCUT2D eigenvalue weighted by atomic mass is 32.2. The van der Waals surface area contributed by atoms with E-state index in [9.17, 15) is 19.2 Å². The summed E-state index contributed by atoms with van der Waals surface area (Å²) in [5.41, 5.74) is 0. The van der Waals surface area contributed by atoms with Gasteiger partial charge in [-0.3, -0.25) is 24.1 Å². The van der Waals surface area contributed by atoms with Crippen molar-refractivity contribution in [1.29, 1.82) is 0 Å². The van der Waals surface area contributed by atoms with E-state index in [2.05, 4.69) is 16.4 Å². The lowest BCUT2D eigenvalue weighted by Crippen LogP contribution is -2.42. The van der Waals surface area contributed by atoms with Crippen LogP contribution in [0.2, 0.25) is 0 Å². The highest BCUT2D eigenvalue weighted by Gasteiger charge is 2.69. The number of amides is 2. The topological polar surface area (TPSA) is 108 Å². The quantitative estimate of drug-likeness (QED) is 0.441. The molecule has 1 saturated heterocycles. The molecule has 2 saturated carbocycles. The summed E-state index contributed by atoms with van der Waals surface area (Å²) in [6, 6.07) is 4.17. The Kier molecular flexibility index (Phi) is 5.30. The van der Waals surface area contributed by atoms with Crippen LogP contribution in [0.3, 0.4) is 0 Å². The Balaban J connectivity index is 1.27. The van der Waals surface area contributed by atoms with Crippen molar-refractivity contribution in [2.75, 3.05) is 6.54 Å². The molecule has 3 fully saturated rings. The van der Waals surface area contributed by atoms with Gasteiger partial charge < -0.3 is 10.1 Å². The number of likely N-dealkylation sites (tertiary alicyclic amines) is 1. The SMILES string of the molecule is O=C(O)CCCCCN1C(=O)[C@@H]2[C@H]3C[C@@H]([C@@H]2C1=O)[C@@H]1[C@@H](c2cccs2)c2sc(=O)[nH]c2S[C@@H]31. The lowest BCUT2D eigenvalue weighted by Gasteiger charge is -2.42. The smallest absolute Gasteiger partial charge is 0.305 e. The number of H-pyrrole nitrogens is 1. The zero-order valence-electron chi connectivity index (χ0n) is 17.8. The molecule has 2 aliphatic carbocycles. The molecule has 0 spiro atoms. The molecule has 2 amide bonds. The van der Waals surface area contributed by atoms with Crippen LogP contribution in [-0.2, 0) is 14.4 Å². The van der Waals surface area contributed by atoms with Gasteiger partial charge in [-0.2, -0.15) is 0 Å². The van der Waals surface area contributed by atoms with Gasteiger partial charge in [0, 0.05) is 33.9 Å². The third-order valence-corrected chi connectivity index (χ3v) is 11.5. The summed E-state index contributed by atoms with van der Waals surface area (Å²) in [4.78, 5) is 56.5. The number of nitrogens with zero attached hydrogens (tertiary/aromatic N) is 1. The maximum absolute atomic E-state index is 13.4. The zero-order valence-corrected chi connectivity index (χ0v) is 20.2. The molecule has 0 unspecified atom stereocenters. The normalized spacial score (nSPS) is 33.9. The van der Waals surface area contributed by atoms with E-state index < -0.39 is 5.97 Å². The largest absolute Gasteiger partial charge is 0.481 e. The van der Waals surface area contributed by atoms with Gasteiger partial charge in [0.15, 0.2) is 0 Å². The lowest BCUT2D eigenvalue weighted by atomic mass is 9.69. The Morgan fingerprint density at radius 1 is 1.12 bits per heavy atom. The molecule has 4 heterocycles. The number of nitrogens with one attached hydrogen (secondary N) is 1. The Hall–Kier alpha value is -1.91. The van der Waals surface area contributed by atoms with Crippen molar-refractivity contribution in [3.8, 4) is 0 Å². The van der Waals surface area contributed by atoms with Gasteiger partial charge in [-0.05, 0) is 48.5 Å². The molecule has 2 aromatic rings. The number of thioether (sulfide) groups is 1. The molecular weight excluding hydrogens is 480 g/mol. The second-order valence-corrected chi connectivity index (χ2v) is 12.7. The van der Waals surface area contributed by atoms with Crippen LogP contribution >= 0.6 is 34.4 Å². The Morgan fingerprint density at radius 3 is 2.64 bits per heavy atom. The van der Waals surface area contributed by atoms with Crippen LogP contribution in [0, 0.1) is 29.6 Å². The molecule has 4 aliphatic rings. The Morgan fingerprint density at radius 2 is 1.91 bits per heavy atom. The minimum absolute atomic E-state index is 0.0304. The molecule has 2 bridgehead atoms. The zero-order chi connectivity index (χ0) is 22.9. The number of carboxylic acids is 1. The van der Waals surface area contributed by atoms with Gasteiger partial charge in [0.1, 0.15) is 0 Å². The fraction of sp³-hybridized carbons (Fsp3) is 0.565. The molecule has 7 atom stereocenters. The molecule has 10 heteroatoms. The second kappa shape index (κ2) is 8.09. The lowest BCUT2D eigenvalue weighted by molar-refractivity contribution is -0.141. The van der Waals surface area contributed by atoms with Gasteiger partial charge in [0.25, 0.3) is 0 Å². The van der Waals surface area contributed by atoms with E-state index in [1.54, 1.807) is 23.1 Å². The van der Waals surface area contributed by atoms with Crippen LogP contribution in [0.25, 0.3) is 0 Å². The highest BCUT2D eigenvalue weighted by Crippen LogP contribution is 2.68. The number of aromatic nitrogens is 1. The van der Waals surface area contributed by atoms with E-state index in [4.69, 9.17) is 5.11 Å². The van der Waals surface area contributed by atoms with E-state index >= 15 is 0 Å².